The van der Waals surface area contributed by atoms with Gasteiger partial charge < -0.3 is 4.74 Å². The summed E-state index contributed by atoms with van der Waals surface area (Å²) in [5.41, 5.74) is -0.425. The van der Waals surface area contributed by atoms with Gasteiger partial charge in [0.05, 0.1) is 7.11 Å². The van der Waals surface area contributed by atoms with E-state index in [2.05, 4.69) is 19.9 Å². The zero-order chi connectivity index (χ0) is 10.1. The van der Waals surface area contributed by atoms with E-state index < -0.39 is 5.97 Å². The first-order chi connectivity index (χ1) is 6.72. The van der Waals surface area contributed by atoms with Crippen LogP contribution in [0.1, 0.15) is 10.5 Å². The van der Waals surface area contributed by atoms with Gasteiger partial charge in [-0.3, -0.25) is 4.79 Å². The van der Waals surface area contributed by atoms with Crippen molar-refractivity contribution in [1.29, 1.82) is 0 Å². The highest BCUT2D eigenvalue weighted by Crippen LogP contribution is 1.95. The van der Waals surface area contributed by atoms with E-state index in [1.165, 1.54) is 17.8 Å². The van der Waals surface area contributed by atoms with Crippen LogP contribution in [0.2, 0.25) is 0 Å². The maximum atomic E-state index is 11.3. The van der Waals surface area contributed by atoms with Gasteiger partial charge >= 0.3 is 5.97 Å². The number of carbonyl (C=O) groups is 1. The molecule has 0 unspecified atom stereocenters. The maximum absolute atomic E-state index is 11.3. The van der Waals surface area contributed by atoms with Crippen LogP contribution in [0.3, 0.4) is 0 Å². The third kappa shape index (κ3) is 1.15. The maximum Gasteiger partial charge on any atom is 0.357 e. The Kier molecular flexibility index (Phi) is 1.77. The molecule has 0 atom stereocenters. The zero-order valence-electron chi connectivity index (χ0n) is 7.22. The van der Waals surface area contributed by atoms with Crippen molar-refractivity contribution in [2.45, 2.75) is 0 Å². The van der Waals surface area contributed by atoms with Gasteiger partial charge in [0, 0.05) is 6.07 Å². The number of carbonyl (C=O) groups excluding carboxylic acids is 1. The average Bonchev–Trinajstić information content (AvgIpc) is 2.64. The van der Waals surface area contributed by atoms with Crippen molar-refractivity contribution >= 4 is 11.7 Å². The summed E-state index contributed by atoms with van der Waals surface area (Å²) in [4.78, 5) is 26.2. The number of rotatable bonds is 1. The zero-order valence-corrected chi connectivity index (χ0v) is 7.22. The van der Waals surface area contributed by atoms with Crippen molar-refractivity contribution in [3.05, 3.63) is 28.4 Å². The predicted octanol–water partition coefficient (Wildman–Crippen LogP) is -0.796. The number of nitrogens with one attached hydrogen (secondary N) is 1. The number of esters is 1. The summed E-state index contributed by atoms with van der Waals surface area (Å²) in [7, 11) is 1.22. The number of aromatic nitrogens is 4. The lowest BCUT2D eigenvalue weighted by Gasteiger charge is -1.96. The van der Waals surface area contributed by atoms with Crippen molar-refractivity contribution in [2.24, 2.45) is 0 Å². The monoisotopic (exact) mass is 194 g/mol. The average molecular weight is 194 g/mol. The molecule has 0 aliphatic rings. The minimum Gasteiger partial charge on any atom is -0.464 e. The van der Waals surface area contributed by atoms with Crippen LogP contribution >= 0.6 is 0 Å². The Balaban J connectivity index is 2.70. The Morgan fingerprint density at radius 2 is 2.43 bits per heavy atom. The molecule has 7 nitrogen and oxygen atoms in total. The van der Waals surface area contributed by atoms with Crippen molar-refractivity contribution in [3.8, 4) is 0 Å². The molecule has 2 aromatic rings. The Morgan fingerprint density at radius 1 is 1.64 bits per heavy atom. The molecule has 1 N–H and O–H groups in total. The highest BCUT2D eigenvalue weighted by molar-refractivity contribution is 5.87. The third-order valence-corrected chi connectivity index (χ3v) is 1.68. The molecule has 2 aromatic heterocycles. The van der Waals surface area contributed by atoms with Crippen LogP contribution < -0.4 is 5.56 Å². The van der Waals surface area contributed by atoms with E-state index in [4.69, 9.17) is 0 Å². The summed E-state index contributed by atoms with van der Waals surface area (Å²) in [5, 5.41) is 6.09. The second kappa shape index (κ2) is 2.95. The number of fused-ring (bicyclic) bond motifs is 1. The predicted molar refractivity (Wildman–Crippen MR) is 44.9 cm³/mol. The fourth-order valence-corrected chi connectivity index (χ4v) is 1.04. The molecule has 2 rings (SSSR count). The van der Waals surface area contributed by atoms with Gasteiger partial charge in [-0.25, -0.2) is 19.3 Å². The minimum atomic E-state index is -0.654. The first-order valence-electron chi connectivity index (χ1n) is 3.73. The molecule has 0 aromatic carbocycles. The molecule has 0 saturated carbocycles. The number of nitrogens with zero attached hydrogens (tertiary/aromatic N) is 3. The second-order valence-corrected chi connectivity index (χ2v) is 2.52. The molecule has 0 radical (unpaired) electrons. The molecule has 0 amide bonds. The molecule has 0 spiro atoms. The summed E-state index contributed by atoms with van der Waals surface area (Å²) < 4.78 is 5.62. The molecule has 14 heavy (non-hydrogen) atoms. The van der Waals surface area contributed by atoms with Gasteiger partial charge in [0.15, 0.2) is 5.69 Å². The van der Waals surface area contributed by atoms with E-state index in [9.17, 15) is 9.59 Å². The van der Waals surface area contributed by atoms with Crippen LogP contribution in [-0.4, -0.2) is 32.7 Å². The lowest BCUT2D eigenvalue weighted by Crippen LogP contribution is -2.17. The Bertz CT molecular complexity index is 541. The highest BCUT2D eigenvalue weighted by Gasteiger charge is 2.10. The molecule has 0 aliphatic heterocycles. The van der Waals surface area contributed by atoms with Crippen LogP contribution in [0.15, 0.2) is 17.2 Å². The molecule has 72 valence electrons. The standard InChI is InChI=1S/C7H6N4O3/c1-14-6(13)4-2-5(12)11-3-8-10-7(11)9-4/h2-3H,1H3,(H,9,10). The largest absolute Gasteiger partial charge is 0.464 e. The van der Waals surface area contributed by atoms with E-state index in [0.29, 0.717) is 0 Å². The van der Waals surface area contributed by atoms with Crippen molar-refractivity contribution in [1.82, 2.24) is 19.6 Å². The van der Waals surface area contributed by atoms with Crippen molar-refractivity contribution < 1.29 is 9.53 Å². The molecule has 7 heteroatoms. The molecule has 2 heterocycles. The Labute approximate surface area is 77.3 Å². The smallest absolute Gasteiger partial charge is 0.357 e. The van der Waals surface area contributed by atoms with Crippen LogP contribution in [0.5, 0.6) is 0 Å². The Hall–Kier alpha value is -2.18. The molecular formula is C7H6N4O3. The number of aromatic amines is 1. The lowest BCUT2D eigenvalue weighted by molar-refractivity contribution is 0.0594. The highest BCUT2D eigenvalue weighted by atomic mass is 16.5. The number of ether oxygens (including phenoxy) is 1. The number of hydrogen-bond donors (Lipinski definition) is 1. The van der Waals surface area contributed by atoms with E-state index in [1.807, 2.05) is 0 Å². The van der Waals surface area contributed by atoms with E-state index in [-0.39, 0.29) is 17.0 Å². The number of methoxy groups -OCH3 is 1. The summed E-state index contributed by atoms with van der Waals surface area (Å²) in [5.74, 6) is -0.447. The van der Waals surface area contributed by atoms with Gasteiger partial charge in [-0.05, 0) is 0 Å². The lowest BCUT2D eigenvalue weighted by atomic mass is 10.4. The quantitative estimate of drug-likeness (QED) is 0.600. The minimum absolute atomic E-state index is 0.0400. The van der Waals surface area contributed by atoms with Gasteiger partial charge in [0.25, 0.3) is 5.56 Å². The van der Waals surface area contributed by atoms with E-state index >= 15 is 0 Å². The van der Waals surface area contributed by atoms with Gasteiger partial charge in [-0.1, -0.05) is 0 Å². The molecule has 0 fully saturated rings. The normalized spacial score (nSPS) is 10.4. The second-order valence-electron chi connectivity index (χ2n) is 2.52. The van der Waals surface area contributed by atoms with Crippen molar-refractivity contribution in [2.75, 3.05) is 7.11 Å². The fourth-order valence-electron chi connectivity index (χ4n) is 1.04. The fraction of sp³-hybridized carbons (Fsp3) is 0.143. The summed E-state index contributed by atoms with van der Waals surface area (Å²) in [6.45, 7) is 0. The van der Waals surface area contributed by atoms with Gasteiger partial charge in [0.2, 0.25) is 5.78 Å². The third-order valence-electron chi connectivity index (χ3n) is 1.68. The summed E-state index contributed by atoms with van der Waals surface area (Å²) in [6.07, 6.45) is 1.28. The molecular weight excluding hydrogens is 188 g/mol. The number of H-pyrrole nitrogens is 1. The van der Waals surface area contributed by atoms with E-state index in [0.717, 1.165) is 6.07 Å². The van der Waals surface area contributed by atoms with Gasteiger partial charge in [-0.2, -0.15) is 5.10 Å². The number of hydrogen-bond acceptors (Lipinski definition) is 5. The summed E-state index contributed by atoms with van der Waals surface area (Å²) in [6, 6.07) is 1.09. The van der Waals surface area contributed by atoms with Gasteiger partial charge in [-0.15, -0.1) is 0 Å². The SMILES string of the molecule is COC(=O)c1cc(=O)n2cn[nH]c2n1. The van der Waals surface area contributed by atoms with Crippen LogP contribution in [-0.2, 0) is 4.74 Å². The Morgan fingerprint density at radius 3 is 3.14 bits per heavy atom. The van der Waals surface area contributed by atoms with Crippen LogP contribution in [0.4, 0.5) is 0 Å². The first-order valence-corrected chi connectivity index (χ1v) is 3.73. The van der Waals surface area contributed by atoms with Crippen LogP contribution in [0, 0.1) is 0 Å². The van der Waals surface area contributed by atoms with Crippen LogP contribution in [0.25, 0.3) is 5.78 Å². The van der Waals surface area contributed by atoms with Crippen molar-refractivity contribution in [3.63, 3.8) is 0 Å². The molecule has 0 saturated heterocycles. The first kappa shape index (κ1) is 8.42. The molecule has 0 bridgehead atoms. The van der Waals surface area contributed by atoms with E-state index in [1.54, 1.807) is 0 Å². The molecule has 0 aliphatic carbocycles. The topological polar surface area (TPSA) is 89.4 Å². The summed E-state index contributed by atoms with van der Waals surface area (Å²) >= 11 is 0. The van der Waals surface area contributed by atoms with Gasteiger partial charge in [0.1, 0.15) is 6.33 Å².